The number of amides is 1. The van der Waals surface area contributed by atoms with Gasteiger partial charge < -0.3 is 9.64 Å². The Hall–Kier alpha value is -2.58. The number of halogens is 3. The monoisotopic (exact) mass is 369 g/mol. The highest BCUT2D eigenvalue weighted by Crippen LogP contribution is 2.30. The molecule has 9 heteroatoms. The second kappa shape index (κ2) is 6.62. The molecule has 2 aromatic heterocycles. The second-order valence-electron chi connectivity index (χ2n) is 6.28. The van der Waals surface area contributed by atoms with Crippen LogP contribution in [0.15, 0.2) is 18.3 Å². The van der Waals surface area contributed by atoms with Crippen LogP contribution in [-0.4, -0.2) is 46.4 Å². The molecule has 1 saturated heterocycles. The fourth-order valence-electron chi connectivity index (χ4n) is 3.22. The summed E-state index contributed by atoms with van der Waals surface area (Å²) >= 11 is 0. The molecule has 1 fully saturated rings. The first-order valence-electron chi connectivity index (χ1n) is 8.15. The van der Waals surface area contributed by atoms with Gasteiger partial charge in [-0.3, -0.25) is 14.0 Å². The Morgan fingerprint density at radius 1 is 1.23 bits per heavy atom. The number of carbonyl (C=O) groups is 2. The van der Waals surface area contributed by atoms with E-state index in [1.54, 1.807) is 6.92 Å². The van der Waals surface area contributed by atoms with Gasteiger partial charge in [0.25, 0.3) is 5.91 Å². The van der Waals surface area contributed by atoms with Crippen LogP contribution in [0.25, 0.3) is 5.65 Å². The van der Waals surface area contributed by atoms with Crippen LogP contribution in [0, 0.1) is 12.8 Å². The molecule has 0 atom stereocenters. The molecule has 0 aromatic carbocycles. The van der Waals surface area contributed by atoms with Gasteiger partial charge in [-0.1, -0.05) is 0 Å². The number of imidazole rings is 1. The topological polar surface area (TPSA) is 63.9 Å². The van der Waals surface area contributed by atoms with Crippen molar-refractivity contribution in [2.75, 3.05) is 20.2 Å². The summed E-state index contributed by atoms with van der Waals surface area (Å²) in [6, 6.07) is 2.19. The number of hydrogen-bond donors (Lipinski definition) is 0. The smallest absolute Gasteiger partial charge is 0.417 e. The van der Waals surface area contributed by atoms with E-state index in [9.17, 15) is 22.8 Å². The molecule has 0 N–H and O–H groups in total. The van der Waals surface area contributed by atoms with Crippen molar-refractivity contribution in [3.63, 3.8) is 0 Å². The summed E-state index contributed by atoms with van der Waals surface area (Å²) in [5.74, 6) is -0.959. The lowest BCUT2D eigenvalue weighted by Crippen LogP contribution is -2.41. The minimum atomic E-state index is -4.51. The third kappa shape index (κ3) is 3.25. The normalized spacial score (nSPS) is 16.1. The number of esters is 1. The number of ether oxygens (including phenoxy) is 1. The van der Waals surface area contributed by atoms with Crippen molar-refractivity contribution >= 4 is 17.5 Å². The van der Waals surface area contributed by atoms with E-state index >= 15 is 0 Å². The maximum absolute atomic E-state index is 13.0. The minimum Gasteiger partial charge on any atom is -0.469 e. The molecular formula is C17H18F3N3O3. The van der Waals surface area contributed by atoms with Gasteiger partial charge in [0, 0.05) is 19.3 Å². The predicted molar refractivity (Wildman–Crippen MR) is 85.6 cm³/mol. The molecule has 3 rings (SSSR count). The van der Waals surface area contributed by atoms with E-state index in [2.05, 4.69) is 4.98 Å². The number of aryl methyl sites for hydroxylation is 1. The van der Waals surface area contributed by atoms with Gasteiger partial charge in [0.2, 0.25) is 0 Å². The lowest BCUT2D eigenvalue weighted by atomic mass is 9.97. The van der Waals surface area contributed by atoms with Gasteiger partial charge >= 0.3 is 12.1 Å². The zero-order valence-electron chi connectivity index (χ0n) is 14.3. The molecular weight excluding hydrogens is 351 g/mol. The van der Waals surface area contributed by atoms with Gasteiger partial charge in [0.1, 0.15) is 11.3 Å². The average molecular weight is 369 g/mol. The van der Waals surface area contributed by atoms with Crippen LogP contribution in [0.1, 0.15) is 34.6 Å². The van der Waals surface area contributed by atoms with Crippen LogP contribution in [0.2, 0.25) is 0 Å². The number of fused-ring (bicyclic) bond motifs is 1. The van der Waals surface area contributed by atoms with Crippen LogP contribution < -0.4 is 0 Å². The molecule has 3 heterocycles. The van der Waals surface area contributed by atoms with Crippen molar-refractivity contribution in [2.45, 2.75) is 25.9 Å². The van der Waals surface area contributed by atoms with Gasteiger partial charge in [-0.15, -0.1) is 0 Å². The first kappa shape index (κ1) is 18.2. The zero-order valence-corrected chi connectivity index (χ0v) is 14.3. The van der Waals surface area contributed by atoms with E-state index < -0.39 is 17.6 Å². The van der Waals surface area contributed by atoms with E-state index in [0.29, 0.717) is 31.6 Å². The molecule has 140 valence electrons. The fraction of sp³-hybridized carbons (Fsp3) is 0.471. The summed E-state index contributed by atoms with van der Waals surface area (Å²) in [5.41, 5.74) is -0.0869. The highest BCUT2D eigenvalue weighted by atomic mass is 19.4. The summed E-state index contributed by atoms with van der Waals surface area (Å²) < 4.78 is 44.9. The molecule has 1 aliphatic heterocycles. The molecule has 0 unspecified atom stereocenters. The van der Waals surface area contributed by atoms with Crippen molar-refractivity contribution in [1.29, 1.82) is 0 Å². The van der Waals surface area contributed by atoms with Gasteiger partial charge in [-0.2, -0.15) is 13.2 Å². The molecule has 0 saturated carbocycles. The number of piperidine rings is 1. The Kier molecular flexibility index (Phi) is 4.64. The van der Waals surface area contributed by atoms with Crippen LogP contribution in [0.3, 0.4) is 0 Å². The van der Waals surface area contributed by atoms with E-state index in [0.717, 1.165) is 12.3 Å². The van der Waals surface area contributed by atoms with Crippen molar-refractivity contribution in [3.05, 3.63) is 35.3 Å². The molecule has 0 radical (unpaired) electrons. The van der Waals surface area contributed by atoms with Crippen LogP contribution in [0.5, 0.6) is 0 Å². The summed E-state index contributed by atoms with van der Waals surface area (Å²) in [6.07, 6.45) is -2.70. The summed E-state index contributed by atoms with van der Waals surface area (Å²) in [5, 5.41) is 0. The molecule has 0 bridgehead atoms. The second-order valence-corrected chi connectivity index (χ2v) is 6.28. The fourth-order valence-corrected chi connectivity index (χ4v) is 3.22. The van der Waals surface area contributed by atoms with Gasteiger partial charge in [-0.25, -0.2) is 4.98 Å². The Bertz CT molecular complexity index is 852. The zero-order chi connectivity index (χ0) is 19.1. The SMILES string of the molecule is COC(=O)C1CCN(C(=O)c2c(C)nc3ccc(C(F)(F)F)cn23)CC1. The Balaban J connectivity index is 1.89. The van der Waals surface area contributed by atoms with E-state index in [1.807, 2.05) is 0 Å². The Morgan fingerprint density at radius 3 is 2.46 bits per heavy atom. The number of carbonyl (C=O) groups excluding carboxylic acids is 2. The first-order valence-corrected chi connectivity index (χ1v) is 8.15. The quantitative estimate of drug-likeness (QED) is 0.764. The highest BCUT2D eigenvalue weighted by molar-refractivity contribution is 5.95. The van der Waals surface area contributed by atoms with Crippen molar-refractivity contribution < 1.29 is 27.5 Å². The predicted octanol–water partition coefficient (Wildman–Crippen LogP) is 2.69. The largest absolute Gasteiger partial charge is 0.469 e. The molecule has 1 aliphatic rings. The molecule has 2 aromatic rings. The number of hydrogen-bond acceptors (Lipinski definition) is 4. The number of pyridine rings is 1. The lowest BCUT2D eigenvalue weighted by Gasteiger charge is -2.30. The molecule has 6 nitrogen and oxygen atoms in total. The van der Waals surface area contributed by atoms with Crippen molar-refractivity contribution in [3.8, 4) is 0 Å². The van der Waals surface area contributed by atoms with Crippen molar-refractivity contribution in [1.82, 2.24) is 14.3 Å². The molecule has 0 spiro atoms. The number of likely N-dealkylation sites (tertiary alicyclic amines) is 1. The lowest BCUT2D eigenvalue weighted by molar-refractivity contribution is -0.146. The summed E-state index contributed by atoms with van der Waals surface area (Å²) in [4.78, 5) is 30.2. The number of methoxy groups -OCH3 is 1. The maximum Gasteiger partial charge on any atom is 0.417 e. The minimum absolute atomic E-state index is 0.114. The standard InChI is InChI=1S/C17H18F3N3O3/c1-10-14(15(24)22-7-5-11(6-8-22)16(25)26-2)23-9-12(17(18,19)20)3-4-13(23)21-10/h3-4,9,11H,5-8H2,1-2H3. The van der Waals surface area contributed by atoms with Gasteiger partial charge in [0.05, 0.1) is 24.3 Å². The van der Waals surface area contributed by atoms with E-state index in [1.165, 1.54) is 22.5 Å². The van der Waals surface area contributed by atoms with Gasteiger partial charge in [0.15, 0.2) is 0 Å². The molecule has 1 amide bonds. The van der Waals surface area contributed by atoms with E-state index in [4.69, 9.17) is 4.74 Å². The third-order valence-electron chi connectivity index (χ3n) is 4.64. The van der Waals surface area contributed by atoms with Crippen LogP contribution >= 0.6 is 0 Å². The van der Waals surface area contributed by atoms with Crippen LogP contribution in [0.4, 0.5) is 13.2 Å². The molecule has 26 heavy (non-hydrogen) atoms. The summed E-state index contributed by atoms with van der Waals surface area (Å²) in [6.45, 7) is 2.27. The third-order valence-corrected chi connectivity index (χ3v) is 4.64. The Labute approximate surface area is 147 Å². The Morgan fingerprint density at radius 2 is 1.88 bits per heavy atom. The van der Waals surface area contributed by atoms with Crippen LogP contribution in [-0.2, 0) is 15.7 Å². The molecule has 0 aliphatic carbocycles. The van der Waals surface area contributed by atoms with Crippen molar-refractivity contribution in [2.24, 2.45) is 5.92 Å². The highest BCUT2D eigenvalue weighted by Gasteiger charge is 2.33. The maximum atomic E-state index is 13.0. The number of aromatic nitrogens is 2. The first-order chi connectivity index (χ1) is 12.2. The number of alkyl halides is 3. The average Bonchev–Trinajstić information content (AvgIpc) is 2.94. The van der Waals surface area contributed by atoms with E-state index in [-0.39, 0.29) is 23.2 Å². The summed E-state index contributed by atoms with van der Waals surface area (Å²) in [7, 11) is 1.32. The number of rotatable bonds is 2. The number of nitrogens with zero attached hydrogens (tertiary/aromatic N) is 3. The van der Waals surface area contributed by atoms with Gasteiger partial charge in [-0.05, 0) is 31.9 Å².